The molecule has 196 valence electrons. The van der Waals surface area contributed by atoms with Crippen molar-refractivity contribution < 1.29 is 24.2 Å². The minimum atomic E-state index is -0.903. The number of carboxylic acids is 1. The molecule has 0 saturated heterocycles. The molecule has 0 spiro atoms. The molecule has 2 aromatic rings. The van der Waals surface area contributed by atoms with Crippen molar-refractivity contribution in [3.63, 3.8) is 0 Å². The molecule has 2 fully saturated rings. The molecule has 2 aliphatic carbocycles. The number of nitrogens with zero attached hydrogens (tertiary/aromatic N) is 2. The highest BCUT2D eigenvalue weighted by Crippen LogP contribution is 2.41. The molecular formula is C28H39N3O5. The van der Waals surface area contributed by atoms with Crippen molar-refractivity contribution in [2.45, 2.75) is 89.1 Å². The van der Waals surface area contributed by atoms with Gasteiger partial charge >= 0.3 is 5.97 Å². The maximum atomic E-state index is 13.4. The molecule has 0 unspecified atom stereocenters. The molecule has 1 atom stereocenters. The molecule has 2 N–H and O–H groups in total. The molecule has 8 nitrogen and oxygen atoms in total. The second-order valence-corrected chi connectivity index (χ2v) is 10.2. The Balaban J connectivity index is 1.60. The molecule has 1 heterocycles. The van der Waals surface area contributed by atoms with Crippen LogP contribution in [-0.4, -0.2) is 47.0 Å². The number of carbonyl (C=O) groups excluding carboxylic acids is 1. The van der Waals surface area contributed by atoms with E-state index in [9.17, 15) is 14.7 Å². The summed E-state index contributed by atoms with van der Waals surface area (Å²) in [4.78, 5) is 24.9. The normalized spacial score (nSPS) is 17.6. The maximum absolute atomic E-state index is 13.4. The number of hydrogen-bond donors (Lipinski definition) is 2. The molecular weight excluding hydrogens is 458 g/mol. The Hall–Kier alpha value is -3.03. The number of amides is 1. The lowest BCUT2D eigenvalue weighted by Gasteiger charge is -2.24. The number of carboxylic acid groups (broad SMARTS) is 1. The predicted molar refractivity (Wildman–Crippen MR) is 138 cm³/mol. The van der Waals surface area contributed by atoms with Crippen LogP contribution in [0.3, 0.4) is 0 Å². The minimum absolute atomic E-state index is 0.0883. The summed E-state index contributed by atoms with van der Waals surface area (Å²) >= 11 is 0. The number of hydrogen-bond acceptors (Lipinski definition) is 5. The molecule has 2 saturated carbocycles. The summed E-state index contributed by atoms with van der Waals surface area (Å²) in [5.41, 5.74) is 1.83. The predicted octanol–water partition coefficient (Wildman–Crippen LogP) is 5.62. The Kier molecular flexibility index (Phi) is 8.88. The third-order valence-electron chi connectivity index (χ3n) is 7.73. The summed E-state index contributed by atoms with van der Waals surface area (Å²) in [5.74, 6) is 0.683. The first-order valence-electron chi connectivity index (χ1n) is 13.3. The Morgan fingerprint density at radius 1 is 1.06 bits per heavy atom. The van der Waals surface area contributed by atoms with Crippen molar-refractivity contribution in [2.24, 2.45) is 5.92 Å². The van der Waals surface area contributed by atoms with Gasteiger partial charge in [0.1, 0.15) is 11.5 Å². The molecule has 36 heavy (non-hydrogen) atoms. The second kappa shape index (κ2) is 12.3. The zero-order valence-corrected chi connectivity index (χ0v) is 21.5. The number of benzene rings is 1. The van der Waals surface area contributed by atoms with Crippen LogP contribution in [0.15, 0.2) is 24.3 Å². The highest BCUT2D eigenvalue weighted by atomic mass is 16.5. The first kappa shape index (κ1) is 26.0. The first-order valence-corrected chi connectivity index (χ1v) is 13.3. The Bertz CT molecular complexity index is 1020. The average molecular weight is 498 g/mol. The molecule has 2 aliphatic rings. The van der Waals surface area contributed by atoms with Crippen molar-refractivity contribution in [1.82, 2.24) is 15.1 Å². The van der Waals surface area contributed by atoms with E-state index >= 15 is 0 Å². The number of aliphatic carboxylic acids is 1. The SMILES string of the molecule is COc1cccc(OC)c1-c1cc(C(=O)N[C@@H](CCC2CCCCC2)CC(=O)O)nn1C1CCCC1. The lowest BCUT2D eigenvalue weighted by Crippen LogP contribution is -2.37. The van der Waals surface area contributed by atoms with Gasteiger partial charge in [-0.15, -0.1) is 0 Å². The van der Waals surface area contributed by atoms with E-state index in [4.69, 9.17) is 14.6 Å². The number of carbonyl (C=O) groups is 2. The summed E-state index contributed by atoms with van der Waals surface area (Å²) in [6, 6.07) is 7.17. The summed E-state index contributed by atoms with van der Waals surface area (Å²) < 4.78 is 13.2. The van der Waals surface area contributed by atoms with Gasteiger partial charge in [0.25, 0.3) is 5.91 Å². The third kappa shape index (κ3) is 6.20. The van der Waals surface area contributed by atoms with Gasteiger partial charge in [0.05, 0.1) is 37.9 Å². The van der Waals surface area contributed by atoms with Crippen molar-refractivity contribution >= 4 is 11.9 Å². The van der Waals surface area contributed by atoms with Gasteiger partial charge in [-0.2, -0.15) is 5.10 Å². The molecule has 1 aromatic carbocycles. The minimum Gasteiger partial charge on any atom is -0.496 e. The molecule has 1 amide bonds. The van der Waals surface area contributed by atoms with Crippen LogP contribution in [0.1, 0.15) is 93.6 Å². The molecule has 1 aromatic heterocycles. The highest BCUT2D eigenvalue weighted by Gasteiger charge is 2.28. The maximum Gasteiger partial charge on any atom is 0.305 e. The van der Waals surface area contributed by atoms with E-state index in [-0.39, 0.29) is 24.1 Å². The number of ether oxygens (including phenoxy) is 2. The van der Waals surface area contributed by atoms with E-state index < -0.39 is 12.0 Å². The molecule has 8 heteroatoms. The van der Waals surface area contributed by atoms with Gasteiger partial charge in [0, 0.05) is 6.04 Å². The van der Waals surface area contributed by atoms with Gasteiger partial charge in [-0.05, 0) is 49.8 Å². The zero-order valence-electron chi connectivity index (χ0n) is 21.5. The van der Waals surface area contributed by atoms with Gasteiger partial charge in [-0.3, -0.25) is 14.3 Å². The van der Waals surface area contributed by atoms with Crippen LogP contribution in [-0.2, 0) is 4.79 Å². The second-order valence-electron chi connectivity index (χ2n) is 10.2. The van der Waals surface area contributed by atoms with Gasteiger partial charge < -0.3 is 19.9 Å². The molecule has 0 aliphatic heterocycles. The van der Waals surface area contributed by atoms with E-state index in [1.54, 1.807) is 20.3 Å². The monoisotopic (exact) mass is 497 g/mol. The Labute approximate surface area is 213 Å². The molecule has 0 bridgehead atoms. The fourth-order valence-corrected chi connectivity index (χ4v) is 5.83. The van der Waals surface area contributed by atoms with E-state index in [0.717, 1.165) is 43.4 Å². The van der Waals surface area contributed by atoms with Crippen LogP contribution >= 0.6 is 0 Å². The standard InChI is InChI=1S/C28H39N3O5/c1-35-24-13-8-14-25(36-2)27(24)23-18-22(30-31(23)21-11-6-7-12-21)28(34)29-20(17-26(32)33)16-15-19-9-4-3-5-10-19/h8,13-14,18-21H,3-7,9-12,15-17H2,1-2H3,(H,29,34)(H,32,33)/t20-/m0/s1. The summed E-state index contributed by atoms with van der Waals surface area (Å²) in [6.45, 7) is 0. The van der Waals surface area contributed by atoms with Crippen molar-refractivity contribution in [3.8, 4) is 22.8 Å². The first-order chi connectivity index (χ1) is 17.5. The largest absolute Gasteiger partial charge is 0.496 e. The lowest BCUT2D eigenvalue weighted by molar-refractivity contribution is -0.137. The number of nitrogens with one attached hydrogen (secondary N) is 1. The number of aromatic nitrogens is 2. The van der Waals surface area contributed by atoms with E-state index in [1.807, 2.05) is 22.9 Å². The molecule has 4 rings (SSSR count). The number of methoxy groups -OCH3 is 2. The fraction of sp³-hybridized carbons (Fsp3) is 0.607. The van der Waals surface area contributed by atoms with Gasteiger partial charge in [-0.25, -0.2) is 0 Å². The number of rotatable bonds is 11. The summed E-state index contributed by atoms with van der Waals surface area (Å²) in [5, 5.41) is 17.2. The zero-order chi connectivity index (χ0) is 25.5. The van der Waals surface area contributed by atoms with E-state index in [2.05, 4.69) is 5.32 Å². The Morgan fingerprint density at radius 2 is 1.69 bits per heavy atom. The van der Waals surface area contributed by atoms with Gasteiger partial charge in [0.15, 0.2) is 5.69 Å². The summed E-state index contributed by atoms with van der Waals surface area (Å²) in [7, 11) is 3.23. The van der Waals surface area contributed by atoms with Gasteiger partial charge in [0.2, 0.25) is 0 Å². The Morgan fingerprint density at radius 3 is 2.31 bits per heavy atom. The molecule has 0 radical (unpaired) electrons. The highest BCUT2D eigenvalue weighted by molar-refractivity contribution is 5.94. The van der Waals surface area contributed by atoms with Crippen molar-refractivity contribution in [3.05, 3.63) is 30.0 Å². The fourth-order valence-electron chi connectivity index (χ4n) is 5.83. The topological polar surface area (TPSA) is 103 Å². The van der Waals surface area contributed by atoms with E-state index in [1.165, 1.54) is 32.1 Å². The van der Waals surface area contributed by atoms with E-state index in [0.29, 0.717) is 23.8 Å². The van der Waals surface area contributed by atoms with Crippen LogP contribution in [0.25, 0.3) is 11.3 Å². The summed E-state index contributed by atoms with van der Waals surface area (Å²) in [6.07, 6.45) is 11.9. The quantitative estimate of drug-likeness (QED) is 0.418. The van der Waals surface area contributed by atoms with Crippen LogP contribution in [0, 0.1) is 5.92 Å². The van der Waals surface area contributed by atoms with Gasteiger partial charge in [-0.1, -0.05) is 51.0 Å². The van der Waals surface area contributed by atoms with Crippen LogP contribution < -0.4 is 14.8 Å². The van der Waals surface area contributed by atoms with Crippen LogP contribution in [0.4, 0.5) is 0 Å². The van der Waals surface area contributed by atoms with Crippen molar-refractivity contribution in [2.75, 3.05) is 14.2 Å². The average Bonchev–Trinajstić information content (AvgIpc) is 3.57. The van der Waals surface area contributed by atoms with Crippen LogP contribution in [0.2, 0.25) is 0 Å². The smallest absolute Gasteiger partial charge is 0.305 e. The van der Waals surface area contributed by atoms with Crippen molar-refractivity contribution in [1.29, 1.82) is 0 Å². The lowest BCUT2D eigenvalue weighted by atomic mass is 9.85. The third-order valence-corrected chi connectivity index (χ3v) is 7.73. The van der Waals surface area contributed by atoms with Crippen LogP contribution in [0.5, 0.6) is 11.5 Å².